The Morgan fingerprint density at radius 2 is 1.90 bits per heavy atom. The van der Waals surface area contributed by atoms with Crippen LogP contribution in [-0.4, -0.2) is 4.98 Å². The molecule has 2 aliphatic carbocycles. The SMILES string of the molecule is CCc1cc2c(c(C)n1)[C@]1(N=O)CC[C@@H](c3ccccc3)[C@]1(c1ccc(C#N)cc1)C2. The monoisotopic (exact) mass is 407 g/mol. The second-order valence-electron chi connectivity index (χ2n) is 8.88. The minimum Gasteiger partial charge on any atom is -0.258 e. The van der Waals surface area contributed by atoms with Gasteiger partial charge in [-0.3, -0.25) is 4.98 Å². The van der Waals surface area contributed by atoms with Crippen molar-refractivity contribution in [3.63, 3.8) is 0 Å². The Morgan fingerprint density at radius 3 is 2.55 bits per heavy atom. The van der Waals surface area contributed by atoms with Crippen LogP contribution in [0.5, 0.6) is 0 Å². The molecule has 1 saturated carbocycles. The molecule has 1 heterocycles. The highest BCUT2D eigenvalue weighted by molar-refractivity contribution is 5.57. The smallest absolute Gasteiger partial charge is 0.140 e. The highest BCUT2D eigenvalue weighted by atomic mass is 16.3. The Bertz CT molecular complexity index is 1200. The van der Waals surface area contributed by atoms with Gasteiger partial charge in [0.1, 0.15) is 5.54 Å². The van der Waals surface area contributed by atoms with Gasteiger partial charge in [0.2, 0.25) is 0 Å². The molecule has 3 atom stereocenters. The molecule has 4 nitrogen and oxygen atoms in total. The van der Waals surface area contributed by atoms with E-state index in [1.807, 2.05) is 37.3 Å². The lowest BCUT2D eigenvalue weighted by Crippen LogP contribution is -2.44. The number of rotatable bonds is 4. The fourth-order valence-corrected chi connectivity index (χ4v) is 6.42. The highest BCUT2D eigenvalue weighted by Gasteiger charge is 2.68. The Kier molecular flexibility index (Phi) is 4.51. The molecule has 1 aromatic heterocycles. The Balaban J connectivity index is 1.81. The first-order valence-electron chi connectivity index (χ1n) is 11.0. The third-order valence-corrected chi connectivity index (χ3v) is 7.59. The number of fused-ring (bicyclic) bond motifs is 3. The molecular formula is C27H25N3O. The maximum Gasteiger partial charge on any atom is 0.140 e. The van der Waals surface area contributed by atoms with Gasteiger partial charge in [0.05, 0.1) is 11.6 Å². The first-order chi connectivity index (χ1) is 15.1. The topological polar surface area (TPSA) is 66.1 Å². The van der Waals surface area contributed by atoms with Crippen LogP contribution < -0.4 is 0 Å². The predicted molar refractivity (Wildman–Crippen MR) is 121 cm³/mol. The van der Waals surface area contributed by atoms with Crippen LogP contribution in [0.2, 0.25) is 0 Å². The van der Waals surface area contributed by atoms with Crippen molar-refractivity contribution in [3.05, 3.63) is 105 Å². The molecule has 0 radical (unpaired) electrons. The lowest BCUT2D eigenvalue weighted by Gasteiger charge is -2.41. The molecular weight excluding hydrogens is 382 g/mol. The van der Waals surface area contributed by atoms with E-state index in [2.05, 4.69) is 48.5 Å². The number of aryl methyl sites for hydroxylation is 2. The summed E-state index contributed by atoms with van der Waals surface area (Å²) in [6, 6.07) is 22.7. The summed E-state index contributed by atoms with van der Waals surface area (Å²) in [5.41, 5.74) is 5.85. The van der Waals surface area contributed by atoms with Gasteiger partial charge in [0.15, 0.2) is 0 Å². The number of benzene rings is 2. The number of nitroso groups, excluding NO2 is 1. The molecule has 3 aromatic rings. The molecule has 2 aromatic carbocycles. The predicted octanol–water partition coefficient (Wildman–Crippen LogP) is 5.86. The molecule has 5 rings (SSSR count). The third kappa shape index (κ3) is 2.56. The number of hydrogen-bond donors (Lipinski definition) is 0. The van der Waals surface area contributed by atoms with Crippen molar-refractivity contribution in [1.82, 2.24) is 4.98 Å². The summed E-state index contributed by atoms with van der Waals surface area (Å²) < 4.78 is 0. The fraction of sp³-hybridized carbons (Fsp3) is 0.333. The quantitative estimate of drug-likeness (QED) is 0.509. The average Bonchev–Trinajstić information content (AvgIpc) is 3.29. The van der Waals surface area contributed by atoms with E-state index >= 15 is 0 Å². The van der Waals surface area contributed by atoms with Gasteiger partial charge in [-0.2, -0.15) is 5.26 Å². The standard InChI is InChI=1S/C27H25N3O/c1-3-23-15-21-16-26(22-11-9-19(17-28)10-12-22)24(20-7-5-4-6-8-20)13-14-27(26,30-31)25(21)18(2)29-23/h4-12,15,24H,3,13-14,16H2,1-2H3/t24-,26+,27+/m0/s1. The Labute approximate surface area is 182 Å². The first kappa shape index (κ1) is 19.6. The summed E-state index contributed by atoms with van der Waals surface area (Å²) in [5, 5.41) is 13.3. The van der Waals surface area contributed by atoms with Gasteiger partial charge < -0.3 is 0 Å². The summed E-state index contributed by atoms with van der Waals surface area (Å²) in [6.45, 7) is 4.14. The van der Waals surface area contributed by atoms with Crippen LogP contribution in [0.1, 0.15) is 64.9 Å². The largest absolute Gasteiger partial charge is 0.258 e. The zero-order valence-corrected chi connectivity index (χ0v) is 17.9. The van der Waals surface area contributed by atoms with Crippen LogP contribution in [0.3, 0.4) is 0 Å². The Morgan fingerprint density at radius 1 is 1.16 bits per heavy atom. The molecule has 31 heavy (non-hydrogen) atoms. The van der Waals surface area contributed by atoms with E-state index in [9.17, 15) is 10.2 Å². The molecule has 0 aliphatic heterocycles. The van der Waals surface area contributed by atoms with Gasteiger partial charge in [-0.05, 0) is 73.4 Å². The third-order valence-electron chi connectivity index (χ3n) is 7.59. The van der Waals surface area contributed by atoms with Gasteiger partial charge in [0.25, 0.3) is 0 Å². The molecule has 2 aliphatic rings. The molecule has 0 amide bonds. The second kappa shape index (κ2) is 7.13. The van der Waals surface area contributed by atoms with Crippen LogP contribution in [-0.2, 0) is 23.8 Å². The van der Waals surface area contributed by atoms with Crippen molar-refractivity contribution in [3.8, 4) is 6.07 Å². The number of aromatic nitrogens is 1. The van der Waals surface area contributed by atoms with E-state index in [-0.39, 0.29) is 5.92 Å². The maximum atomic E-state index is 12.8. The fourth-order valence-electron chi connectivity index (χ4n) is 6.42. The van der Waals surface area contributed by atoms with Gasteiger partial charge in [-0.25, -0.2) is 0 Å². The number of pyridine rings is 1. The second-order valence-corrected chi connectivity index (χ2v) is 8.88. The van der Waals surface area contributed by atoms with Crippen LogP contribution in [0.4, 0.5) is 0 Å². The van der Waals surface area contributed by atoms with Crippen LogP contribution in [0.15, 0.2) is 65.8 Å². The van der Waals surface area contributed by atoms with Crippen molar-refractivity contribution >= 4 is 0 Å². The summed E-state index contributed by atoms with van der Waals surface area (Å²) in [5.74, 6) is 0.163. The average molecular weight is 408 g/mol. The van der Waals surface area contributed by atoms with Crippen molar-refractivity contribution in [2.75, 3.05) is 0 Å². The summed E-state index contributed by atoms with van der Waals surface area (Å²) in [7, 11) is 0. The van der Waals surface area contributed by atoms with Crippen LogP contribution in [0.25, 0.3) is 0 Å². The number of nitriles is 1. The maximum absolute atomic E-state index is 12.8. The molecule has 0 unspecified atom stereocenters. The van der Waals surface area contributed by atoms with Gasteiger partial charge in [0, 0.05) is 22.4 Å². The highest BCUT2D eigenvalue weighted by Crippen LogP contribution is 2.68. The van der Waals surface area contributed by atoms with E-state index in [0.717, 1.165) is 41.8 Å². The molecule has 4 heteroatoms. The van der Waals surface area contributed by atoms with Crippen molar-refractivity contribution in [2.24, 2.45) is 5.18 Å². The normalized spacial score (nSPS) is 26.2. The molecule has 0 N–H and O–H groups in total. The Hall–Kier alpha value is -3.32. The van der Waals surface area contributed by atoms with Crippen molar-refractivity contribution in [2.45, 2.75) is 56.4 Å². The zero-order chi connectivity index (χ0) is 21.6. The lowest BCUT2D eigenvalue weighted by molar-refractivity contribution is 0.265. The van der Waals surface area contributed by atoms with Crippen LogP contribution in [0, 0.1) is 23.2 Å². The van der Waals surface area contributed by atoms with Crippen molar-refractivity contribution in [1.29, 1.82) is 5.26 Å². The van der Waals surface area contributed by atoms with E-state index in [1.54, 1.807) is 0 Å². The van der Waals surface area contributed by atoms with Gasteiger partial charge >= 0.3 is 0 Å². The minimum absolute atomic E-state index is 0.163. The minimum atomic E-state index is -0.847. The molecule has 0 bridgehead atoms. The zero-order valence-electron chi connectivity index (χ0n) is 17.9. The van der Waals surface area contributed by atoms with Crippen molar-refractivity contribution < 1.29 is 0 Å². The molecule has 154 valence electrons. The molecule has 1 fully saturated rings. The first-order valence-corrected chi connectivity index (χ1v) is 11.0. The number of nitrogens with zero attached hydrogens (tertiary/aromatic N) is 3. The van der Waals surface area contributed by atoms with E-state index in [4.69, 9.17) is 4.98 Å². The summed E-state index contributed by atoms with van der Waals surface area (Å²) >= 11 is 0. The number of hydrogen-bond acceptors (Lipinski definition) is 4. The summed E-state index contributed by atoms with van der Waals surface area (Å²) in [4.78, 5) is 17.7. The lowest BCUT2D eigenvalue weighted by atomic mass is 9.62. The van der Waals surface area contributed by atoms with Gasteiger partial charge in [-0.15, -0.1) is 4.91 Å². The summed E-state index contributed by atoms with van der Waals surface area (Å²) in [6.07, 6.45) is 3.22. The van der Waals surface area contributed by atoms with E-state index in [0.29, 0.717) is 12.0 Å². The molecule has 0 spiro atoms. The molecule has 0 saturated heterocycles. The van der Waals surface area contributed by atoms with E-state index in [1.165, 1.54) is 11.1 Å². The van der Waals surface area contributed by atoms with E-state index < -0.39 is 11.0 Å². The van der Waals surface area contributed by atoms with Crippen LogP contribution >= 0.6 is 0 Å². The van der Waals surface area contributed by atoms with Gasteiger partial charge in [-0.1, -0.05) is 54.6 Å².